The number of anilines is 2. The lowest BCUT2D eigenvalue weighted by Crippen LogP contribution is -2.60. The SMILES string of the molecule is C[C@H](/C=C/CC(=O)N(CCO)Cc1ccccc1)[C@@]1(O)C(=O)N(Cc2ccc(NC(=O)[C@H]3O[C@@H](O)[C@H](O)[C@@H](O)[C@@H]3O)cc2)c2ccc(Cl)cc21. The fraction of sp³-hybridized carbons (Fsp3) is 0.361. The van der Waals surface area contributed by atoms with Gasteiger partial charge in [-0.15, -0.1) is 0 Å². The van der Waals surface area contributed by atoms with Gasteiger partial charge in [0.15, 0.2) is 18.0 Å². The zero-order valence-corrected chi connectivity index (χ0v) is 27.9. The van der Waals surface area contributed by atoms with E-state index in [2.05, 4.69) is 5.32 Å². The van der Waals surface area contributed by atoms with Crippen LogP contribution >= 0.6 is 11.6 Å². The third-order valence-corrected chi connectivity index (χ3v) is 9.19. The van der Waals surface area contributed by atoms with Gasteiger partial charge < -0.3 is 50.5 Å². The van der Waals surface area contributed by atoms with Gasteiger partial charge in [-0.3, -0.25) is 14.4 Å². The van der Waals surface area contributed by atoms with E-state index in [0.717, 1.165) is 5.56 Å². The van der Waals surface area contributed by atoms with Crippen LogP contribution in [0.4, 0.5) is 11.4 Å². The summed E-state index contributed by atoms with van der Waals surface area (Å²) >= 11 is 6.31. The summed E-state index contributed by atoms with van der Waals surface area (Å²) < 4.78 is 4.97. The van der Waals surface area contributed by atoms with E-state index in [9.17, 15) is 45.0 Å². The molecular weight excluding hydrogens is 670 g/mol. The zero-order chi connectivity index (χ0) is 36.2. The van der Waals surface area contributed by atoms with E-state index in [4.69, 9.17) is 16.3 Å². The van der Waals surface area contributed by atoms with Gasteiger partial charge in [-0.1, -0.05) is 73.1 Å². The summed E-state index contributed by atoms with van der Waals surface area (Å²) in [5.41, 5.74) is 0.620. The maximum atomic E-state index is 14.0. The minimum atomic E-state index is -1.99. The van der Waals surface area contributed by atoms with Gasteiger partial charge >= 0.3 is 0 Å². The second kappa shape index (κ2) is 15.8. The van der Waals surface area contributed by atoms with Crippen LogP contribution in [0.1, 0.15) is 30.0 Å². The molecule has 0 spiro atoms. The Morgan fingerprint density at radius 1 is 1.00 bits per heavy atom. The first kappa shape index (κ1) is 37.1. The maximum absolute atomic E-state index is 14.0. The summed E-state index contributed by atoms with van der Waals surface area (Å²) in [6, 6.07) is 20.6. The van der Waals surface area contributed by atoms with E-state index in [1.54, 1.807) is 66.4 Å². The normalized spacial score (nSPS) is 25.4. The van der Waals surface area contributed by atoms with Crippen LogP contribution in [-0.2, 0) is 37.8 Å². The number of ether oxygens (including phenoxy) is 1. The molecule has 1 saturated heterocycles. The first-order chi connectivity index (χ1) is 23.8. The predicted molar refractivity (Wildman–Crippen MR) is 182 cm³/mol. The van der Waals surface area contributed by atoms with Gasteiger partial charge in [0.25, 0.3) is 11.8 Å². The summed E-state index contributed by atoms with van der Waals surface area (Å²) in [7, 11) is 0. The minimum absolute atomic E-state index is 0.00853. The first-order valence-corrected chi connectivity index (χ1v) is 16.4. The van der Waals surface area contributed by atoms with E-state index in [1.165, 1.54) is 4.90 Å². The molecule has 2 aliphatic heterocycles. The fourth-order valence-electron chi connectivity index (χ4n) is 6.10. The Bertz CT molecular complexity index is 1710. The predicted octanol–water partition coefficient (Wildman–Crippen LogP) is 1.42. The molecule has 5 rings (SSSR count). The number of fused-ring (bicyclic) bond motifs is 1. The highest BCUT2D eigenvalue weighted by molar-refractivity contribution is 6.31. The molecule has 0 bridgehead atoms. The molecule has 14 heteroatoms. The smallest absolute Gasteiger partial charge is 0.264 e. The van der Waals surface area contributed by atoms with Gasteiger partial charge in [0.1, 0.15) is 18.3 Å². The first-order valence-electron chi connectivity index (χ1n) is 16.1. The molecule has 3 aromatic carbocycles. The molecule has 7 atom stereocenters. The van der Waals surface area contributed by atoms with Crippen molar-refractivity contribution in [3.8, 4) is 0 Å². The molecule has 0 saturated carbocycles. The number of aliphatic hydroxyl groups is 6. The van der Waals surface area contributed by atoms with Crippen molar-refractivity contribution in [2.24, 2.45) is 5.92 Å². The second-order valence-corrected chi connectivity index (χ2v) is 12.8. The van der Waals surface area contributed by atoms with Gasteiger partial charge in [0, 0.05) is 41.7 Å². The molecule has 0 unspecified atom stereocenters. The monoisotopic (exact) mass is 709 g/mol. The third kappa shape index (κ3) is 7.75. The van der Waals surface area contributed by atoms with Crippen molar-refractivity contribution in [1.29, 1.82) is 0 Å². The second-order valence-electron chi connectivity index (χ2n) is 12.4. The summed E-state index contributed by atoms with van der Waals surface area (Å²) in [6.07, 6.45) is -5.64. The van der Waals surface area contributed by atoms with Gasteiger partial charge in [0.2, 0.25) is 5.91 Å². The van der Waals surface area contributed by atoms with Crippen molar-refractivity contribution in [3.05, 3.63) is 107 Å². The van der Waals surface area contributed by atoms with Gasteiger partial charge in [0.05, 0.1) is 18.8 Å². The lowest BCUT2D eigenvalue weighted by Gasteiger charge is -2.37. The molecular formula is C36H40ClN3O10. The van der Waals surface area contributed by atoms with E-state index >= 15 is 0 Å². The molecule has 2 aliphatic rings. The van der Waals surface area contributed by atoms with E-state index in [1.807, 2.05) is 30.3 Å². The standard InChI is InChI=1S/C36H40ClN3O10/c1-21(6-5-9-28(42)39(16-17-41)19-22-7-3-2-4-8-22)36(49)26-18-24(37)12-15-27(26)40(35(36)48)20-23-10-13-25(14-11-23)38-33(46)32-30(44)29(43)31(45)34(47)50-32/h2-8,10-15,18,21,29-32,34,41,43-45,47,49H,9,16-17,19-20H2,1H3,(H,38,46)/b6-5+/t21-,29+,30+,31-,32+,34-,36+/m1/s1. The summed E-state index contributed by atoms with van der Waals surface area (Å²) in [5, 5.41) is 63.8. The van der Waals surface area contributed by atoms with Crippen molar-refractivity contribution in [2.45, 2.75) is 62.7 Å². The lowest BCUT2D eigenvalue weighted by atomic mass is 9.83. The summed E-state index contributed by atoms with van der Waals surface area (Å²) in [6.45, 7) is 2.02. The number of nitrogens with zero attached hydrogens (tertiary/aromatic N) is 2. The van der Waals surface area contributed by atoms with Gasteiger partial charge in [-0.2, -0.15) is 0 Å². The lowest BCUT2D eigenvalue weighted by molar-refractivity contribution is -0.274. The Kier molecular flexibility index (Phi) is 11.7. The van der Waals surface area contributed by atoms with E-state index in [0.29, 0.717) is 28.4 Å². The Morgan fingerprint density at radius 2 is 1.70 bits per heavy atom. The number of nitrogens with one attached hydrogen (secondary N) is 1. The van der Waals surface area contributed by atoms with Crippen LogP contribution in [0.15, 0.2) is 84.9 Å². The van der Waals surface area contributed by atoms with Crippen molar-refractivity contribution in [3.63, 3.8) is 0 Å². The molecule has 0 radical (unpaired) electrons. The average Bonchev–Trinajstić information content (AvgIpc) is 3.31. The molecule has 0 aliphatic carbocycles. The number of halogens is 1. The largest absolute Gasteiger partial charge is 0.395 e. The van der Waals surface area contributed by atoms with Crippen LogP contribution < -0.4 is 10.2 Å². The topological polar surface area (TPSA) is 200 Å². The molecule has 50 heavy (non-hydrogen) atoms. The molecule has 3 aromatic rings. The number of hydrogen-bond acceptors (Lipinski definition) is 10. The molecule has 0 aromatic heterocycles. The molecule has 1 fully saturated rings. The highest BCUT2D eigenvalue weighted by atomic mass is 35.5. The number of aliphatic hydroxyl groups excluding tert-OH is 5. The van der Waals surface area contributed by atoms with Crippen LogP contribution in [0.2, 0.25) is 5.02 Å². The molecule has 3 amide bonds. The van der Waals surface area contributed by atoms with Crippen LogP contribution in [0.25, 0.3) is 0 Å². The highest BCUT2D eigenvalue weighted by Gasteiger charge is 2.52. The molecule has 266 valence electrons. The van der Waals surface area contributed by atoms with E-state index in [-0.39, 0.29) is 37.7 Å². The van der Waals surface area contributed by atoms with Crippen molar-refractivity contribution < 1.29 is 49.8 Å². The minimum Gasteiger partial charge on any atom is -0.395 e. The van der Waals surface area contributed by atoms with Crippen LogP contribution in [-0.4, -0.2) is 97.1 Å². The molecule has 2 heterocycles. The zero-order valence-electron chi connectivity index (χ0n) is 27.2. The van der Waals surface area contributed by atoms with Gasteiger partial charge in [-0.05, 0) is 41.5 Å². The van der Waals surface area contributed by atoms with Crippen molar-refractivity contribution >= 4 is 40.7 Å². The number of rotatable bonds is 12. The fourth-order valence-corrected chi connectivity index (χ4v) is 6.27. The van der Waals surface area contributed by atoms with Crippen molar-refractivity contribution in [1.82, 2.24) is 4.90 Å². The van der Waals surface area contributed by atoms with E-state index < -0.39 is 54.0 Å². The van der Waals surface area contributed by atoms with Crippen LogP contribution in [0.5, 0.6) is 0 Å². The van der Waals surface area contributed by atoms with Crippen LogP contribution in [0.3, 0.4) is 0 Å². The third-order valence-electron chi connectivity index (χ3n) is 8.96. The number of carbonyl (C=O) groups is 3. The number of carbonyl (C=O) groups excluding carboxylic acids is 3. The summed E-state index contributed by atoms with van der Waals surface area (Å²) in [4.78, 5) is 42.7. The summed E-state index contributed by atoms with van der Waals surface area (Å²) in [5.74, 6) is -2.44. The Morgan fingerprint density at radius 3 is 2.38 bits per heavy atom. The molecule has 7 N–H and O–H groups in total. The quantitative estimate of drug-likeness (QED) is 0.135. The Hall–Kier alpha value is -4.18. The Labute approximate surface area is 293 Å². The molecule has 13 nitrogen and oxygen atoms in total. The average molecular weight is 710 g/mol. The van der Waals surface area contributed by atoms with Gasteiger partial charge in [-0.25, -0.2) is 0 Å². The van der Waals surface area contributed by atoms with Crippen LogP contribution in [0, 0.1) is 5.92 Å². The number of benzene rings is 3. The Balaban J connectivity index is 1.27. The number of amides is 3. The number of hydrogen-bond donors (Lipinski definition) is 7. The maximum Gasteiger partial charge on any atom is 0.264 e. The highest BCUT2D eigenvalue weighted by Crippen LogP contribution is 2.46. The van der Waals surface area contributed by atoms with Crippen molar-refractivity contribution in [2.75, 3.05) is 23.4 Å².